The molecule has 0 radical (unpaired) electrons. The Balaban J connectivity index is 1.96. The molecule has 0 unspecified atom stereocenters. The van der Waals surface area contributed by atoms with Crippen LogP contribution in [-0.4, -0.2) is 23.4 Å². The molecule has 0 saturated carbocycles. The predicted molar refractivity (Wildman–Crippen MR) is 105 cm³/mol. The fraction of sp³-hybridized carbons (Fsp3) is 0.409. The molecular weight excluding hydrogens is 308 g/mol. The van der Waals surface area contributed by atoms with E-state index in [2.05, 4.69) is 75.2 Å². The number of carbonyl (C=O) groups excluding carboxylic acids is 1. The topological polar surface area (TPSA) is 32.3 Å². The SMILES string of the molecule is CCN(Cc1ccc(C(=O)NCc2ccc(C)cc2C)cc1)C(C)C. The molecule has 0 fully saturated rings. The average Bonchev–Trinajstić information content (AvgIpc) is 2.59. The van der Waals surface area contributed by atoms with Gasteiger partial charge in [-0.05, 0) is 63.1 Å². The molecular formula is C22H30N2O. The predicted octanol–water partition coefficient (Wildman–Crippen LogP) is 4.46. The normalized spacial score (nSPS) is 11.2. The maximum atomic E-state index is 12.4. The molecule has 134 valence electrons. The number of rotatable bonds is 7. The molecule has 0 atom stereocenters. The summed E-state index contributed by atoms with van der Waals surface area (Å²) < 4.78 is 0. The molecule has 0 saturated heterocycles. The van der Waals surface area contributed by atoms with E-state index in [0.717, 1.165) is 18.7 Å². The second-order valence-electron chi connectivity index (χ2n) is 6.97. The molecule has 0 aliphatic carbocycles. The Hall–Kier alpha value is -2.13. The number of nitrogens with zero attached hydrogens (tertiary/aromatic N) is 1. The lowest BCUT2D eigenvalue weighted by molar-refractivity contribution is 0.0951. The summed E-state index contributed by atoms with van der Waals surface area (Å²) >= 11 is 0. The van der Waals surface area contributed by atoms with Crippen LogP contribution in [0.25, 0.3) is 0 Å². The van der Waals surface area contributed by atoms with Crippen molar-refractivity contribution in [3.05, 3.63) is 70.3 Å². The van der Waals surface area contributed by atoms with Gasteiger partial charge in [-0.15, -0.1) is 0 Å². The summed E-state index contributed by atoms with van der Waals surface area (Å²) in [5, 5.41) is 3.02. The zero-order chi connectivity index (χ0) is 18.4. The highest BCUT2D eigenvalue weighted by Crippen LogP contribution is 2.12. The number of nitrogens with one attached hydrogen (secondary N) is 1. The highest BCUT2D eigenvalue weighted by atomic mass is 16.1. The Bertz CT molecular complexity index is 704. The standard InChI is InChI=1S/C22H30N2O/c1-6-24(16(2)3)15-19-8-11-20(12-9-19)22(25)23-14-21-10-7-17(4)13-18(21)5/h7-13,16H,6,14-15H2,1-5H3,(H,23,25). The van der Waals surface area contributed by atoms with Crippen LogP contribution in [0.2, 0.25) is 0 Å². The molecule has 1 N–H and O–H groups in total. The van der Waals surface area contributed by atoms with Crippen molar-refractivity contribution in [2.45, 2.75) is 53.8 Å². The van der Waals surface area contributed by atoms with Gasteiger partial charge in [-0.25, -0.2) is 0 Å². The first kappa shape index (κ1) is 19.2. The van der Waals surface area contributed by atoms with Gasteiger partial charge in [-0.3, -0.25) is 9.69 Å². The van der Waals surface area contributed by atoms with Gasteiger partial charge < -0.3 is 5.32 Å². The van der Waals surface area contributed by atoms with Crippen molar-refractivity contribution in [2.24, 2.45) is 0 Å². The van der Waals surface area contributed by atoms with E-state index in [0.29, 0.717) is 18.2 Å². The van der Waals surface area contributed by atoms with E-state index in [-0.39, 0.29) is 5.91 Å². The molecule has 3 heteroatoms. The van der Waals surface area contributed by atoms with Crippen LogP contribution in [-0.2, 0) is 13.1 Å². The third-order valence-corrected chi connectivity index (χ3v) is 4.68. The third kappa shape index (κ3) is 5.43. The fourth-order valence-electron chi connectivity index (χ4n) is 2.98. The van der Waals surface area contributed by atoms with Crippen molar-refractivity contribution in [1.29, 1.82) is 0 Å². The number of carbonyl (C=O) groups is 1. The molecule has 1 amide bonds. The van der Waals surface area contributed by atoms with Gasteiger partial charge in [-0.2, -0.15) is 0 Å². The largest absolute Gasteiger partial charge is 0.348 e. The minimum Gasteiger partial charge on any atom is -0.348 e. The summed E-state index contributed by atoms with van der Waals surface area (Å²) in [5.41, 5.74) is 5.56. The van der Waals surface area contributed by atoms with Crippen LogP contribution in [0.5, 0.6) is 0 Å². The van der Waals surface area contributed by atoms with Gasteiger partial charge >= 0.3 is 0 Å². The average molecular weight is 338 g/mol. The van der Waals surface area contributed by atoms with Crippen LogP contribution in [0, 0.1) is 13.8 Å². The second-order valence-corrected chi connectivity index (χ2v) is 6.97. The minimum absolute atomic E-state index is 0.0252. The van der Waals surface area contributed by atoms with Crippen LogP contribution < -0.4 is 5.32 Å². The smallest absolute Gasteiger partial charge is 0.251 e. The van der Waals surface area contributed by atoms with E-state index in [1.54, 1.807) is 0 Å². The molecule has 0 aliphatic rings. The molecule has 3 nitrogen and oxygen atoms in total. The fourth-order valence-corrected chi connectivity index (χ4v) is 2.98. The minimum atomic E-state index is -0.0252. The highest BCUT2D eigenvalue weighted by Gasteiger charge is 2.10. The van der Waals surface area contributed by atoms with E-state index in [9.17, 15) is 4.79 Å². The number of hydrogen-bond acceptors (Lipinski definition) is 2. The Morgan fingerprint density at radius 1 is 1.08 bits per heavy atom. The maximum absolute atomic E-state index is 12.4. The molecule has 0 heterocycles. The highest BCUT2D eigenvalue weighted by molar-refractivity contribution is 5.94. The quantitative estimate of drug-likeness (QED) is 0.808. The van der Waals surface area contributed by atoms with Gasteiger partial charge in [0.15, 0.2) is 0 Å². The van der Waals surface area contributed by atoms with Crippen molar-refractivity contribution in [3.63, 3.8) is 0 Å². The lowest BCUT2D eigenvalue weighted by atomic mass is 10.1. The van der Waals surface area contributed by atoms with Gasteiger partial charge in [0.2, 0.25) is 0 Å². The molecule has 0 bridgehead atoms. The van der Waals surface area contributed by atoms with Crippen LogP contribution >= 0.6 is 0 Å². The summed E-state index contributed by atoms with van der Waals surface area (Å²) in [5.74, 6) is -0.0252. The Morgan fingerprint density at radius 2 is 1.76 bits per heavy atom. The van der Waals surface area contributed by atoms with Crippen molar-refractivity contribution in [1.82, 2.24) is 10.2 Å². The summed E-state index contributed by atoms with van der Waals surface area (Å²) in [7, 11) is 0. The van der Waals surface area contributed by atoms with E-state index >= 15 is 0 Å². The van der Waals surface area contributed by atoms with Crippen LogP contribution in [0.4, 0.5) is 0 Å². The van der Waals surface area contributed by atoms with Gasteiger partial charge in [0, 0.05) is 24.7 Å². The van der Waals surface area contributed by atoms with Gasteiger partial charge in [0.1, 0.15) is 0 Å². The van der Waals surface area contributed by atoms with Crippen LogP contribution in [0.3, 0.4) is 0 Å². The monoisotopic (exact) mass is 338 g/mol. The summed E-state index contributed by atoms with van der Waals surface area (Å²) in [6, 6.07) is 14.8. The second kappa shape index (κ2) is 8.82. The van der Waals surface area contributed by atoms with Gasteiger partial charge in [0.05, 0.1) is 0 Å². The van der Waals surface area contributed by atoms with Crippen molar-refractivity contribution in [3.8, 4) is 0 Å². The Labute approximate surface area is 152 Å². The molecule has 2 aromatic rings. The molecule has 0 aromatic heterocycles. The molecule has 0 spiro atoms. The van der Waals surface area contributed by atoms with E-state index in [4.69, 9.17) is 0 Å². The van der Waals surface area contributed by atoms with Crippen molar-refractivity contribution < 1.29 is 4.79 Å². The van der Waals surface area contributed by atoms with E-state index in [1.165, 1.54) is 16.7 Å². The lowest BCUT2D eigenvalue weighted by Gasteiger charge is -2.24. The molecule has 25 heavy (non-hydrogen) atoms. The Morgan fingerprint density at radius 3 is 2.32 bits per heavy atom. The van der Waals surface area contributed by atoms with Crippen LogP contribution in [0.1, 0.15) is 53.4 Å². The maximum Gasteiger partial charge on any atom is 0.251 e. The molecule has 0 aliphatic heterocycles. The first-order valence-corrected chi connectivity index (χ1v) is 9.08. The number of hydrogen-bond donors (Lipinski definition) is 1. The number of benzene rings is 2. The summed E-state index contributed by atoms with van der Waals surface area (Å²) in [6.07, 6.45) is 0. The molecule has 2 rings (SSSR count). The third-order valence-electron chi connectivity index (χ3n) is 4.68. The summed E-state index contributed by atoms with van der Waals surface area (Å²) in [6.45, 7) is 13.2. The zero-order valence-electron chi connectivity index (χ0n) is 16.1. The first-order valence-electron chi connectivity index (χ1n) is 9.08. The Kier molecular flexibility index (Phi) is 6.77. The zero-order valence-corrected chi connectivity index (χ0v) is 16.1. The van der Waals surface area contributed by atoms with Crippen molar-refractivity contribution >= 4 is 5.91 Å². The van der Waals surface area contributed by atoms with E-state index < -0.39 is 0 Å². The van der Waals surface area contributed by atoms with E-state index in [1.807, 2.05) is 12.1 Å². The van der Waals surface area contributed by atoms with Gasteiger partial charge in [-0.1, -0.05) is 42.8 Å². The molecule has 2 aromatic carbocycles. The van der Waals surface area contributed by atoms with Crippen LogP contribution in [0.15, 0.2) is 42.5 Å². The van der Waals surface area contributed by atoms with Gasteiger partial charge in [0.25, 0.3) is 5.91 Å². The number of aryl methyl sites for hydroxylation is 2. The van der Waals surface area contributed by atoms with Crippen molar-refractivity contribution in [2.75, 3.05) is 6.54 Å². The number of amides is 1. The summed E-state index contributed by atoms with van der Waals surface area (Å²) in [4.78, 5) is 14.8. The first-order chi connectivity index (χ1) is 11.9. The lowest BCUT2D eigenvalue weighted by Crippen LogP contribution is -2.30.